The molecule has 3 aromatic carbocycles. The van der Waals surface area contributed by atoms with Gasteiger partial charge in [0.2, 0.25) is 0 Å². The number of hydrogen-bond donors (Lipinski definition) is 1. The van der Waals surface area contributed by atoms with E-state index in [0.717, 1.165) is 17.7 Å². The van der Waals surface area contributed by atoms with Crippen LogP contribution in [0.2, 0.25) is 0 Å². The molecule has 3 rings (SSSR count). The molecule has 0 fully saturated rings. The Morgan fingerprint density at radius 1 is 0.867 bits per heavy atom. The Morgan fingerprint density at radius 3 is 2.20 bits per heavy atom. The number of benzene rings is 3. The van der Waals surface area contributed by atoms with Crippen molar-refractivity contribution in [1.29, 1.82) is 0 Å². The van der Waals surface area contributed by atoms with Crippen molar-refractivity contribution in [3.05, 3.63) is 95.6 Å². The van der Waals surface area contributed by atoms with Gasteiger partial charge in [0.05, 0.1) is 18.4 Å². The predicted octanol–water partition coefficient (Wildman–Crippen LogP) is 4.46. The van der Waals surface area contributed by atoms with E-state index >= 15 is 0 Å². The maximum Gasteiger partial charge on any atom is 0.343 e. The molecular weight excluding hydrogens is 380 g/mol. The first-order chi connectivity index (χ1) is 14.7. The number of amides is 1. The van der Waals surface area contributed by atoms with Gasteiger partial charge in [0.15, 0.2) is 0 Å². The number of nitrogens with zero attached hydrogens (tertiary/aromatic N) is 1. The lowest BCUT2D eigenvalue weighted by molar-refractivity contribution is 0.0734. The molecule has 0 unspecified atom stereocenters. The largest absolute Gasteiger partial charge is 0.494 e. The van der Waals surface area contributed by atoms with Crippen LogP contribution >= 0.6 is 0 Å². The molecule has 0 aliphatic carbocycles. The lowest BCUT2D eigenvalue weighted by atomic mass is 10.2. The van der Waals surface area contributed by atoms with Crippen molar-refractivity contribution in [3.63, 3.8) is 0 Å². The van der Waals surface area contributed by atoms with Crippen LogP contribution in [0.25, 0.3) is 0 Å². The molecule has 6 nitrogen and oxygen atoms in total. The molecule has 0 aromatic heterocycles. The number of hydrazone groups is 1. The highest BCUT2D eigenvalue weighted by Crippen LogP contribution is 2.16. The predicted molar refractivity (Wildman–Crippen MR) is 115 cm³/mol. The van der Waals surface area contributed by atoms with Gasteiger partial charge < -0.3 is 9.47 Å². The monoisotopic (exact) mass is 402 g/mol. The first-order valence-corrected chi connectivity index (χ1v) is 9.59. The second-order valence-electron chi connectivity index (χ2n) is 6.40. The molecule has 0 heterocycles. The second kappa shape index (κ2) is 10.6. The SMILES string of the molecule is CCCOc1ccc(C(=O)Oc2ccc(/C=N/NC(=O)c3ccccc3)cc2)cc1. The van der Waals surface area contributed by atoms with Crippen LogP contribution in [0, 0.1) is 0 Å². The van der Waals surface area contributed by atoms with Crippen molar-refractivity contribution in [2.45, 2.75) is 13.3 Å². The molecular formula is C24H22N2O4. The normalized spacial score (nSPS) is 10.6. The molecule has 1 N–H and O–H groups in total. The van der Waals surface area contributed by atoms with E-state index in [-0.39, 0.29) is 5.91 Å². The van der Waals surface area contributed by atoms with Crippen molar-refractivity contribution in [1.82, 2.24) is 5.43 Å². The van der Waals surface area contributed by atoms with Gasteiger partial charge in [-0.05, 0) is 72.6 Å². The molecule has 1 amide bonds. The fraction of sp³-hybridized carbons (Fsp3) is 0.125. The number of rotatable bonds is 8. The molecule has 0 saturated heterocycles. The van der Waals surface area contributed by atoms with Crippen LogP contribution in [0.3, 0.4) is 0 Å². The summed E-state index contributed by atoms with van der Waals surface area (Å²) in [6, 6.07) is 22.5. The summed E-state index contributed by atoms with van der Waals surface area (Å²) < 4.78 is 10.9. The van der Waals surface area contributed by atoms with E-state index in [2.05, 4.69) is 10.5 Å². The van der Waals surface area contributed by atoms with E-state index < -0.39 is 5.97 Å². The summed E-state index contributed by atoms with van der Waals surface area (Å²) >= 11 is 0. The highest BCUT2D eigenvalue weighted by Gasteiger charge is 2.09. The smallest absolute Gasteiger partial charge is 0.343 e. The van der Waals surface area contributed by atoms with E-state index in [0.29, 0.717) is 23.5 Å². The standard InChI is InChI=1S/C24H22N2O4/c1-2-16-29-21-14-10-20(11-15-21)24(28)30-22-12-8-18(9-13-22)17-25-26-23(27)19-6-4-3-5-7-19/h3-15,17H,2,16H2,1H3,(H,26,27)/b25-17+. The fourth-order valence-corrected chi connectivity index (χ4v) is 2.51. The van der Waals surface area contributed by atoms with Gasteiger partial charge in [-0.1, -0.05) is 25.1 Å². The minimum atomic E-state index is -0.450. The van der Waals surface area contributed by atoms with Crippen LogP contribution in [0.4, 0.5) is 0 Å². The zero-order valence-electron chi connectivity index (χ0n) is 16.6. The molecule has 30 heavy (non-hydrogen) atoms. The summed E-state index contributed by atoms with van der Waals surface area (Å²) in [4.78, 5) is 24.2. The maximum absolute atomic E-state index is 12.3. The Kier molecular flexibility index (Phi) is 7.33. The van der Waals surface area contributed by atoms with Crippen molar-refractivity contribution in [2.24, 2.45) is 5.10 Å². The average Bonchev–Trinajstić information content (AvgIpc) is 2.79. The Morgan fingerprint density at radius 2 is 1.53 bits per heavy atom. The van der Waals surface area contributed by atoms with Crippen LogP contribution in [0.1, 0.15) is 39.6 Å². The molecule has 0 bridgehead atoms. The minimum Gasteiger partial charge on any atom is -0.494 e. The number of carbonyl (C=O) groups is 2. The minimum absolute atomic E-state index is 0.288. The van der Waals surface area contributed by atoms with E-state index in [9.17, 15) is 9.59 Å². The van der Waals surface area contributed by atoms with Crippen LogP contribution in [-0.2, 0) is 0 Å². The second-order valence-corrected chi connectivity index (χ2v) is 6.40. The van der Waals surface area contributed by atoms with Crippen LogP contribution in [-0.4, -0.2) is 24.7 Å². The highest BCUT2D eigenvalue weighted by molar-refractivity contribution is 5.95. The third-order valence-corrected chi connectivity index (χ3v) is 4.07. The average molecular weight is 402 g/mol. The molecule has 3 aromatic rings. The van der Waals surface area contributed by atoms with Crippen LogP contribution < -0.4 is 14.9 Å². The van der Waals surface area contributed by atoms with Crippen molar-refractivity contribution < 1.29 is 19.1 Å². The van der Waals surface area contributed by atoms with Crippen LogP contribution in [0.5, 0.6) is 11.5 Å². The van der Waals surface area contributed by atoms with E-state index in [1.54, 1.807) is 72.8 Å². The summed E-state index contributed by atoms with van der Waals surface area (Å²) in [7, 11) is 0. The van der Waals surface area contributed by atoms with Gasteiger partial charge in [-0.25, -0.2) is 10.2 Å². The Labute approximate surface area is 175 Å². The van der Waals surface area contributed by atoms with Crippen molar-refractivity contribution >= 4 is 18.1 Å². The van der Waals surface area contributed by atoms with Gasteiger partial charge in [0, 0.05) is 5.56 Å². The summed E-state index contributed by atoms with van der Waals surface area (Å²) in [5.41, 5.74) is 4.19. The van der Waals surface area contributed by atoms with Gasteiger partial charge in [-0.3, -0.25) is 4.79 Å². The van der Waals surface area contributed by atoms with E-state index in [1.807, 2.05) is 13.0 Å². The summed E-state index contributed by atoms with van der Waals surface area (Å²) in [5.74, 6) is 0.394. The van der Waals surface area contributed by atoms with Gasteiger partial charge in [-0.2, -0.15) is 5.10 Å². The van der Waals surface area contributed by atoms with E-state index in [4.69, 9.17) is 9.47 Å². The Balaban J connectivity index is 1.52. The van der Waals surface area contributed by atoms with Gasteiger partial charge >= 0.3 is 5.97 Å². The molecule has 6 heteroatoms. The Bertz CT molecular complexity index is 998. The maximum atomic E-state index is 12.3. The summed E-state index contributed by atoms with van der Waals surface area (Å²) in [6.07, 6.45) is 2.44. The third kappa shape index (κ3) is 6.04. The topological polar surface area (TPSA) is 77.0 Å². The number of ether oxygens (including phenoxy) is 2. The zero-order chi connectivity index (χ0) is 21.2. The molecule has 0 spiro atoms. The molecule has 152 valence electrons. The first kappa shape index (κ1) is 20.8. The number of esters is 1. The van der Waals surface area contributed by atoms with Crippen LogP contribution in [0.15, 0.2) is 84.0 Å². The van der Waals surface area contributed by atoms with Gasteiger partial charge in [0.25, 0.3) is 5.91 Å². The third-order valence-electron chi connectivity index (χ3n) is 4.07. The lowest BCUT2D eigenvalue weighted by Crippen LogP contribution is -2.17. The number of nitrogens with one attached hydrogen (secondary N) is 1. The fourth-order valence-electron chi connectivity index (χ4n) is 2.51. The summed E-state index contributed by atoms with van der Waals surface area (Å²) in [6.45, 7) is 2.67. The van der Waals surface area contributed by atoms with E-state index in [1.165, 1.54) is 6.21 Å². The highest BCUT2D eigenvalue weighted by atomic mass is 16.5. The Hall–Kier alpha value is -3.93. The van der Waals surface area contributed by atoms with Gasteiger partial charge in [-0.15, -0.1) is 0 Å². The molecule has 0 atom stereocenters. The lowest BCUT2D eigenvalue weighted by Gasteiger charge is -2.07. The molecule has 0 radical (unpaired) electrons. The summed E-state index contributed by atoms with van der Waals surface area (Å²) in [5, 5.41) is 3.94. The molecule has 0 aliphatic rings. The number of carbonyl (C=O) groups excluding carboxylic acids is 2. The quantitative estimate of drug-likeness (QED) is 0.261. The van der Waals surface area contributed by atoms with Crippen molar-refractivity contribution in [2.75, 3.05) is 6.61 Å². The first-order valence-electron chi connectivity index (χ1n) is 9.59. The molecule has 0 aliphatic heterocycles. The van der Waals surface area contributed by atoms with Gasteiger partial charge in [0.1, 0.15) is 11.5 Å². The zero-order valence-corrected chi connectivity index (χ0v) is 16.6. The molecule has 0 saturated carbocycles. The van der Waals surface area contributed by atoms with Crippen molar-refractivity contribution in [3.8, 4) is 11.5 Å². The number of hydrogen-bond acceptors (Lipinski definition) is 5.